The van der Waals surface area contributed by atoms with Crippen molar-refractivity contribution in [2.24, 2.45) is 28.7 Å². The number of nitrogens with one attached hydrogen (secondary N) is 8. The molecule has 0 heterocycles. The molecule has 0 unspecified atom stereocenters. The van der Waals surface area contributed by atoms with E-state index in [9.17, 15) is 48.3 Å². The molecule has 0 aliphatic carbocycles. The van der Waals surface area contributed by atoms with Crippen molar-refractivity contribution in [3.05, 3.63) is 0 Å². The number of aliphatic hydroxyl groups is 1. The molecule has 542 valence electrons. The van der Waals surface area contributed by atoms with E-state index in [1.807, 2.05) is 0 Å². The van der Waals surface area contributed by atoms with Crippen LogP contribution in [0, 0.1) is 0 Å². The highest BCUT2D eigenvalue weighted by Gasteiger charge is 2.34. The zero-order valence-corrected chi connectivity index (χ0v) is 59.1. The quantitative estimate of drug-likeness (QED) is 0.0273. The third kappa shape index (κ3) is 48.7. The van der Waals surface area contributed by atoms with Crippen LogP contribution in [0.25, 0.3) is 0 Å². The first-order chi connectivity index (χ1) is 45.1. The van der Waals surface area contributed by atoms with E-state index in [1.165, 1.54) is 82.4 Å². The number of thioether (sulfide) groups is 1. The molecule has 0 aromatic heterocycles. The number of primary amides is 1. The van der Waals surface area contributed by atoms with E-state index in [4.69, 9.17) is 28.7 Å². The maximum atomic E-state index is 14.4. The summed E-state index contributed by atoms with van der Waals surface area (Å²) in [4.78, 5) is 124. The average Bonchev–Trinajstić information content (AvgIpc) is 1.78. The summed E-state index contributed by atoms with van der Waals surface area (Å²) in [6.45, 7) is 7.41. The molecule has 24 heteroatoms. The molecule has 0 rings (SSSR count). The van der Waals surface area contributed by atoms with Gasteiger partial charge in [-0.05, 0) is 122 Å². The van der Waals surface area contributed by atoms with E-state index in [0.29, 0.717) is 90.4 Å². The highest BCUT2D eigenvalue weighted by Crippen LogP contribution is 2.16. The minimum Gasteiger partial charge on any atom is -0.394 e. The summed E-state index contributed by atoms with van der Waals surface area (Å²) >= 11 is 1.19. The second-order valence-corrected chi connectivity index (χ2v) is 26.5. The normalized spacial score (nSPS) is 13.5. The number of aliphatic hydroxyl groups excluding tert-OH is 1. The summed E-state index contributed by atoms with van der Waals surface area (Å²) in [7, 11) is 0. The zero-order valence-electron chi connectivity index (χ0n) is 58.3. The summed E-state index contributed by atoms with van der Waals surface area (Å²) < 4.78 is 0. The standard InChI is InChI=1S/C69H135N13O10S/c1-4-7-10-13-16-17-18-19-20-21-22-25-28-39-50-75-64(87)59(76-61(84)44-29-26-23-14-11-8-5-2)52-93-53-60(77-62(85)45-30-27-24-15-12-9-6-3)69(92)82-58(51-83)68(91)81-57(43-34-38-49-73)67(90)80-56(42-33-37-48-72)66(89)79-55(41-32-36-47-71)65(88)78-54(63(74)86)40-31-35-46-70/h54-60,83H,4-53,70-73H2,1-3H3,(H2,74,86)(H,75,87)(H,76,84)(H,77,85)(H,78,88)(H,79,89)(H,80,90)(H,81,91)(H,82,92)/t54-,55-,56-,57-,58-,59-,60-/m0/s1. The van der Waals surface area contributed by atoms with Gasteiger partial charge in [0.2, 0.25) is 53.2 Å². The average molecular weight is 1340 g/mol. The SMILES string of the molecule is CCCCCCCCCCCCCCCCNC(=O)[C@H](CSC[C@H](NC(=O)CCCCCCCCC)C(=O)N[C@@H](CO)C(=O)N[C@@H](CCCCN)C(=O)N[C@@H](CCCCN)C(=O)N[C@@H](CCCCN)C(=O)N[C@@H](CCCCN)C(N)=O)NC(=O)CCCCCCCCC. The Kier molecular flexibility index (Phi) is 59.1. The molecule has 0 fully saturated rings. The fourth-order valence-electron chi connectivity index (χ4n) is 11.0. The van der Waals surface area contributed by atoms with Crippen molar-refractivity contribution in [1.82, 2.24) is 42.5 Å². The molecular weight excluding hydrogens is 1200 g/mol. The summed E-state index contributed by atoms with van der Waals surface area (Å²) in [6, 6.07) is -8.43. The van der Waals surface area contributed by atoms with Crippen molar-refractivity contribution in [2.45, 2.75) is 333 Å². The highest BCUT2D eigenvalue weighted by molar-refractivity contribution is 7.99. The van der Waals surface area contributed by atoms with Gasteiger partial charge in [-0.15, -0.1) is 0 Å². The molecule has 0 saturated carbocycles. The highest BCUT2D eigenvalue weighted by atomic mass is 32.2. The van der Waals surface area contributed by atoms with Gasteiger partial charge in [-0.1, -0.05) is 181 Å². The molecule has 0 spiro atoms. The Morgan fingerprint density at radius 3 is 0.903 bits per heavy atom. The molecular formula is C69H135N13O10S. The van der Waals surface area contributed by atoms with Crippen LogP contribution in [0.4, 0.5) is 0 Å². The predicted molar refractivity (Wildman–Crippen MR) is 377 cm³/mol. The van der Waals surface area contributed by atoms with Gasteiger partial charge < -0.3 is 76.3 Å². The van der Waals surface area contributed by atoms with Gasteiger partial charge in [0, 0.05) is 30.9 Å². The molecule has 0 aromatic carbocycles. The first-order valence-corrected chi connectivity index (χ1v) is 37.9. The van der Waals surface area contributed by atoms with Gasteiger partial charge >= 0.3 is 0 Å². The van der Waals surface area contributed by atoms with E-state index in [-0.39, 0.29) is 68.4 Å². The summed E-state index contributed by atoms with van der Waals surface area (Å²) in [6.07, 6.45) is 35.8. The number of rotatable bonds is 66. The van der Waals surface area contributed by atoms with E-state index < -0.39 is 90.3 Å². The Labute approximate surface area is 565 Å². The molecule has 0 saturated heterocycles. The fraction of sp³-hybridized carbons (Fsp3) is 0.870. The number of carbonyl (C=O) groups is 9. The molecule has 0 aliphatic heterocycles. The molecule has 0 radical (unpaired) electrons. The molecule has 19 N–H and O–H groups in total. The monoisotopic (exact) mass is 1340 g/mol. The minimum atomic E-state index is -1.61. The molecule has 23 nitrogen and oxygen atoms in total. The maximum Gasteiger partial charge on any atom is 0.245 e. The van der Waals surface area contributed by atoms with Gasteiger partial charge in [-0.3, -0.25) is 43.2 Å². The van der Waals surface area contributed by atoms with Gasteiger partial charge in [-0.25, -0.2) is 0 Å². The van der Waals surface area contributed by atoms with Crippen molar-refractivity contribution >= 4 is 64.9 Å². The van der Waals surface area contributed by atoms with Gasteiger partial charge in [0.05, 0.1) is 6.61 Å². The topological polar surface area (TPSA) is 400 Å². The molecule has 0 aromatic rings. The lowest BCUT2D eigenvalue weighted by atomic mass is 10.0. The van der Waals surface area contributed by atoms with Crippen LogP contribution in [-0.4, -0.2) is 151 Å². The maximum absolute atomic E-state index is 14.4. The van der Waals surface area contributed by atoms with Crippen LogP contribution >= 0.6 is 11.8 Å². The number of nitrogens with two attached hydrogens (primary N) is 5. The summed E-state index contributed by atoms with van der Waals surface area (Å²) in [5.41, 5.74) is 28.7. The van der Waals surface area contributed by atoms with Gasteiger partial charge in [0.15, 0.2) is 0 Å². The third-order valence-electron chi connectivity index (χ3n) is 16.9. The second-order valence-electron chi connectivity index (χ2n) is 25.4. The van der Waals surface area contributed by atoms with Crippen molar-refractivity contribution < 1.29 is 48.3 Å². The van der Waals surface area contributed by atoms with E-state index in [1.54, 1.807) is 0 Å². The lowest BCUT2D eigenvalue weighted by Gasteiger charge is -2.27. The Balaban J connectivity index is 6.54. The summed E-state index contributed by atoms with van der Waals surface area (Å²) in [5, 5.41) is 32.9. The first-order valence-electron chi connectivity index (χ1n) is 36.7. The molecule has 9 amide bonds. The Bertz CT molecular complexity index is 1960. The van der Waals surface area contributed by atoms with Crippen LogP contribution < -0.4 is 71.2 Å². The van der Waals surface area contributed by atoms with Crippen LogP contribution in [0.5, 0.6) is 0 Å². The van der Waals surface area contributed by atoms with Crippen molar-refractivity contribution in [1.29, 1.82) is 0 Å². The van der Waals surface area contributed by atoms with Crippen LogP contribution in [0.15, 0.2) is 0 Å². The van der Waals surface area contributed by atoms with Crippen molar-refractivity contribution in [3.8, 4) is 0 Å². The lowest BCUT2D eigenvalue weighted by molar-refractivity contribution is -0.136. The Morgan fingerprint density at radius 2 is 0.581 bits per heavy atom. The number of unbranched alkanes of at least 4 members (excludes halogenated alkanes) is 29. The largest absolute Gasteiger partial charge is 0.394 e. The predicted octanol–water partition coefficient (Wildman–Crippen LogP) is 6.99. The summed E-state index contributed by atoms with van der Waals surface area (Å²) in [5.74, 6) is -5.51. The molecule has 7 atom stereocenters. The number of carbonyl (C=O) groups excluding carboxylic acids is 9. The zero-order chi connectivity index (χ0) is 69.0. The van der Waals surface area contributed by atoms with Gasteiger partial charge in [-0.2, -0.15) is 11.8 Å². The number of hydrogen-bond donors (Lipinski definition) is 14. The van der Waals surface area contributed by atoms with Crippen molar-refractivity contribution in [2.75, 3.05) is 50.8 Å². The Hall–Kier alpha value is -4.62. The Morgan fingerprint density at radius 1 is 0.312 bits per heavy atom. The van der Waals surface area contributed by atoms with Crippen LogP contribution in [0.3, 0.4) is 0 Å². The van der Waals surface area contributed by atoms with Crippen LogP contribution in [0.2, 0.25) is 0 Å². The van der Waals surface area contributed by atoms with Gasteiger partial charge in [0.25, 0.3) is 0 Å². The lowest BCUT2D eigenvalue weighted by Crippen LogP contribution is -2.60. The third-order valence-corrected chi connectivity index (χ3v) is 18.0. The number of amides is 9. The first kappa shape index (κ1) is 88.4. The van der Waals surface area contributed by atoms with E-state index >= 15 is 0 Å². The van der Waals surface area contributed by atoms with Crippen molar-refractivity contribution in [3.63, 3.8) is 0 Å². The molecule has 0 bridgehead atoms. The molecule has 93 heavy (non-hydrogen) atoms. The fourth-order valence-corrected chi connectivity index (χ4v) is 12.0. The molecule has 0 aliphatic rings. The smallest absolute Gasteiger partial charge is 0.245 e. The number of hydrogen-bond acceptors (Lipinski definition) is 15. The van der Waals surface area contributed by atoms with Crippen LogP contribution in [-0.2, 0) is 43.2 Å². The second kappa shape index (κ2) is 62.2. The van der Waals surface area contributed by atoms with E-state index in [2.05, 4.69) is 63.3 Å². The minimum absolute atomic E-state index is 0.0541. The van der Waals surface area contributed by atoms with E-state index in [0.717, 1.165) is 96.3 Å². The van der Waals surface area contributed by atoms with Gasteiger partial charge in [0.1, 0.15) is 42.3 Å². The van der Waals surface area contributed by atoms with Crippen LogP contribution in [0.1, 0.15) is 290 Å².